The first-order chi connectivity index (χ1) is 14.1. The zero-order chi connectivity index (χ0) is 20.6. The van der Waals surface area contributed by atoms with E-state index in [4.69, 9.17) is 9.47 Å². The average Bonchev–Trinajstić information content (AvgIpc) is 3.17. The molecule has 0 radical (unpaired) electrons. The minimum absolute atomic E-state index is 0.105. The number of methoxy groups -OCH3 is 1. The van der Waals surface area contributed by atoms with Crippen molar-refractivity contribution in [2.75, 3.05) is 19.0 Å². The molecule has 1 N–H and O–H groups in total. The van der Waals surface area contributed by atoms with Crippen LogP contribution >= 0.6 is 0 Å². The fourth-order valence-electron chi connectivity index (χ4n) is 2.74. The first kappa shape index (κ1) is 20.1. The lowest BCUT2D eigenvalue weighted by Crippen LogP contribution is -2.13. The van der Waals surface area contributed by atoms with E-state index < -0.39 is 0 Å². The summed E-state index contributed by atoms with van der Waals surface area (Å²) >= 11 is 0. The van der Waals surface area contributed by atoms with E-state index in [0.29, 0.717) is 36.5 Å². The van der Waals surface area contributed by atoms with Gasteiger partial charge >= 0.3 is 0 Å². The van der Waals surface area contributed by atoms with Gasteiger partial charge in [0.1, 0.15) is 11.5 Å². The van der Waals surface area contributed by atoms with E-state index in [-0.39, 0.29) is 11.7 Å². The molecule has 0 fully saturated rings. The number of ether oxygens (including phenoxy) is 2. The summed E-state index contributed by atoms with van der Waals surface area (Å²) in [5.74, 6) is 1.61. The van der Waals surface area contributed by atoms with E-state index in [2.05, 4.69) is 10.3 Å². The molecule has 3 rings (SSSR count). The van der Waals surface area contributed by atoms with Gasteiger partial charge < -0.3 is 19.4 Å². The first-order valence-electron chi connectivity index (χ1n) is 9.25. The van der Waals surface area contributed by atoms with Crippen LogP contribution in [-0.4, -0.2) is 35.0 Å². The predicted octanol–water partition coefficient (Wildman–Crippen LogP) is 3.46. The first-order valence-corrected chi connectivity index (χ1v) is 9.25. The van der Waals surface area contributed by atoms with Crippen LogP contribution in [-0.2, 0) is 11.8 Å². The molecule has 1 aromatic heterocycles. The third-order valence-corrected chi connectivity index (χ3v) is 4.33. The second kappa shape index (κ2) is 9.54. The summed E-state index contributed by atoms with van der Waals surface area (Å²) in [5, 5.41) is 2.82. The second-order valence-corrected chi connectivity index (χ2v) is 6.44. The van der Waals surface area contributed by atoms with Crippen molar-refractivity contribution in [3.05, 3.63) is 72.3 Å². The lowest BCUT2D eigenvalue weighted by atomic mass is 10.1. The summed E-state index contributed by atoms with van der Waals surface area (Å²) in [6.07, 6.45) is 4.23. The van der Waals surface area contributed by atoms with Crippen molar-refractivity contribution < 1.29 is 19.1 Å². The van der Waals surface area contributed by atoms with E-state index in [1.165, 1.54) is 0 Å². The topological polar surface area (TPSA) is 82.4 Å². The van der Waals surface area contributed by atoms with Crippen LogP contribution in [0.3, 0.4) is 0 Å². The van der Waals surface area contributed by atoms with Gasteiger partial charge in [0.15, 0.2) is 5.82 Å². The number of anilines is 1. The molecule has 3 aromatic rings. The number of ketones is 1. The Morgan fingerprint density at radius 3 is 2.34 bits per heavy atom. The van der Waals surface area contributed by atoms with Gasteiger partial charge in [-0.1, -0.05) is 0 Å². The summed E-state index contributed by atoms with van der Waals surface area (Å²) in [4.78, 5) is 28.6. The minimum atomic E-state index is -0.161. The fourth-order valence-corrected chi connectivity index (χ4v) is 2.74. The Morgan fingerprint density at radius 1 is 1.03 bits per heavy atom. The zero-order valence-electron chi connectivity index (χ0n) is 16.4. The van der Waals surface area contributed by atoms with Crippen molar-refractivity contribution in [2.45, 2.75) is 12.8 Å². The van der Waals surface area contributed by atoms with Gasteiger partial charge in [-0.15, -0.1) is 0 Å². The highest BCUT2D eigenvalue weighted by molar-refractivity contribution is 6.07. The predicted molar refractivity (Wildman–Crippen MR) is 109 cm³/mol. The SMILES string of the molecule is COc1ccc(OCCCC(=O)Nc2ccc(C(=O)c3nccn3C)cc2)cc1. The fraction of sp³-hybridized carbons (Fsp3) is 0.227. The number of hydrogen-bond donors (Lipinski definition) is 1. The van der Waals surface area contributed by atoms with Gasteiger partial charge in [-0.25, -0.2) is 4.98 Å². The molecule has 0 atom stereocenters. The molecule has 150 valence electrons. The summed E-state index contributed by atoms with van der Waals surface area (Å²) in [6.45, 7) is 0.441. The van der Waals surface area contributed by atoms with Crippen LogP contribution in [0.1, 0.15) is 29.0 Å². The Labute approximate surface area is 169 Å². The third kappa shape index (κ3) is 5.44. The molecule has 0 spiro atoms. The van der Waals surface area contributed by atoms with Crippen molar-refractivity contribution in [3.63, 3.8) is 0 Å². The third-order valence-electron chi connectivity index (χ3n) is 4.33. The van der Waals surface area contributed by atoms with Gasteiger partial charge in [0.25, 0.3) is 0 Å². The van der Waals surface area contributed by atoms with Gasteiger partial charge in [0.2, 0.25) is 11.7 Å². The molecule has 7 heteroatoms. The molecule has 0 saturated carbocycles. The standard InChI is InChI=1S/C22H23N3O4/c1-25-14-13-23-22(25)21(27)16-5-7-17(8-6-16)24-20(26)4-3-15-29-19-11-9-18(28-2)10-12-19/h5-14H,3-4,15H2,1-2H3,(H,24,26). The molecule has 0 unspecified atom stereocenters. The maximum absolute atomic E-state index is 12.4. The molecule has 29 heavy (non-hydrogen) atoms. The number of carbonyl (C=O) groups excluding carboxylic acids is 2. The number of amides is 1. The average molecular weight is 393 g/mol. The Kier molecular flexibility index (Phi) is 6.63. The maximum atomic E-state index is 12.4. The zero-order valence-corrected chi connectivity index (χ0v) is 16.4. The van der Waals surface area contributed by atoms with Gasteiger partial charge in [0.05, 0.1) is 13.7 Å². The molecule has 7 nitrogen and oxygen atoms in total. The highest BCUT2D eigenvalue weighted by Crippen LogP contribution is 2.17. The highest BCUT2D eigenvalue weighted by Gasteiger charge is 2.13. The number of nitrogens with zero attached hydrogens (tertiary/aromatic N) is 2. The molecular weight excluding hydrogens is 370 g/mol. The summed E-state index contributed by atoms with van der Waals surface area (Å²) < 4.78 is 12.4. The van der Waals surface area contributed by atoms with Crippen molar-refractivity contribution in [1.82, 2.24) is 9.55 Å². The molecular formula is C22H23N3O4. The monoisotopic (exact) mass is 393 g/mol. The quantitative estimate of drug-likeness (QED) is 0.445. The van der Waals surface area contributed by atoms with E-state index in [0.717, 1.165) is 11.5 Å². The number of aryl methyl sites for hydroxylation is 1. The van der Waals surface area contributed by atoms with Gasteiger partial charge in [0, 0.05) is 37.1 Å². The van der Waals surface area contributed by atoms with Crippen LogP contribution in [0.15, 0.2) is 60.9 Å². The van der Waals surface area contributed by atoms with Gasteiger partial charge in [-0.2, -0.15) is 0 Å². The van der Waals surface area contributed by atoms with E-state index in [1.807, 2.05) is 24.3 Å². The van der Waals surface area contributed by atoms with Gasteiger partial charge in [-0.3, -0.25) is 9.59 Å². The molecule has 1 amide bonds. The normalized spacial score (nSPS) is 10.4. The van der Waals surface area contributed by atoms with Crippen LogP contribution in [0.5, 0.6) is 11.5 Å². The smallest absolute Gasteiger partial charge is 0.228 e. The Hall–Kier alpha value is -3.61. The van der Waals surface area contributed by atoms with Crippen molar-refractivity contribution in [1.29, 1.82) is 0 Å². The Balaban J connectivity index is 1.43. The lowest BCUT2D eigenvalue weighted by molar-refractivity contribution is -0.116. The molecule has 0 saturated heterocycles. The lowest BCUT2D eigenvalue weighted by Gasteiger charge is -2.08. The number of hydrogen-bond acceptors (Lipinski definition) is 5. The summed E-state index contributed by atoms with van der Waals surface area (Å²) in [5.41, 5.74) is 1.16. The number of imidazole rings is 1. The number of aromatic nitrogens is 2. The minimum Gasteiger partial charge on any atom is -0.497 e. The van der Waals surface area contributed by atoms with Crippen molar-refractivity contribution in [2.24, 2.45) is 7.05 Å². The van der Waals surface area contributed by atoms with Crippen LogP contribution in [0.2, 0.25) is 0 Å². The molecule has 0 aliphatic rings. The molecule has 0 aliphatic heterocycles. The molecule has 2 aromatic carbocycles. The van der Waals surface area contributed by atoms with Gasteiger partial charge in [-0.05, 0) is 55.0 Å². The Bertz CT molecular complexity index is 962. The molecule has 0 aliphatic carbocycles. The second-order valence-electron chi connectivity index (χ2n) is 6.44. The van der Waals surface area contributed by atoms with E-state index in [1.54, 1.807) is 55.4 Å². The highest BCUT2D eigenvalue weighted by atomic mass is 16.5. The largest absolute Gasteiger partial charge is 0.497 e. The summed E-state index contributed by atoms with van der Waals surface area (Å²) in [7, 11) is 3.38. The molecule has 1 heterocycles. The number of carbonyl (C=O) groups is 2. The van der Waals surface area contributed by atoms with E-state index in [9.17, 15) is 9.59 Å². The number of rotatable bonds is 9. The van der Waals surface area contributed by atoms with E-state index >= 15 is 0 Å². The van der Waals surface area contributed by atoms with Crippen molar-refractivity contribution in [3.8, 4) is 11.5 Å². The molecule has 0 bridgehead atoms. The van der Waals surface area contributed by atoms with Crippen molar-refractivity contribution >= 4 is 17.4 Å². The Morgan fingerprint density at radius 2 is 1.72 bits per heavy atom. The van der Waals surface area contributed by atoms with Crippen LogP contribution in [0, 0.1) is 0 Å². The number of nitrogens with one attached hydrogen (secondary N) is 1. The van der Waals surface area contributed by atoms with Crippen LogP contribution < -0.4 is 14.8 Å². The number of benzene rings is 2. The van der Waals surface area contributed by atoms with Crippen LogP contribution in [0.4, 0.5) is 5.69 Å². The maximum Gasteiger partial charge on any atom is 0.228 e. The summed E-state index contributed by atoms with van der Waals surface area (Å²) in [6, 6.07) is 14.1. The van der Waals surface area contributed by atoms with Crippen LogP contribution in [0.25, 0.3) is 0 Å².